The predicted octanol–water partition coefficient (Wildman–Crippen LogP) is 0.585. The van der Waals surface area contributed by atoms with Gasteiger partial charge in [-0.05, 0) is 23.8 Å². The number of non-ortho nitro benzene ring substituents is 1. The van der Waals surface area contributed by atoms with Gasteiger partial charge in [0.1, 0.15) is 0 Å². The largest absolute Gasteiger partial charge is 0.467 e. The minimum atomic E-state index is -1.15. The fourth-order valence-corrected chi connectivity index (χ4v) is 1.78. The van der Waals surface area contributed by atoms with E-state index in [1.165, 1.54) is 31.4 Å². The maximum absolute atomic E-state index is 11.8. The zero-order valence-corrected chi connectivity index (χ0v) is 9.54. The van der Waals surface area contributed by atoms with E-state index in [1.54, 1.807) is 12.3 Å². The monoisotopic (exact) mass is 249 g/mol. The number of hydrogen-bond donors (Lipinski definition) is 2. The standard InChI is InChI=1S/C11H11N3O4/c1-18-10(15)11(6-7-12-13-11)8-2-4-9(5-3-8)14(16)17/h2-7,12-13H,1H3. The van der Waals surface area contributed by atoms with Crippen LogP contribution in [0.1, 0.15) is 5.56 Å². The van der Waals surface area contributed by atoms with Gasteiger partial charge < -0.3 is 10.2 Å². The van der Waals surface area contributed by atoms with Crippen LogP contribution in [0, 0.1) is 10.1 Å². The van der Waals surface area contributed by atoms with Crippen LogP contribution in [0.5, 0.6) is 0 Å². The summed E-state index contributed by atoms with van der Waals surface area (Å²) in [6.45, 7) is 0. The molecule has 1 heterocycles. The van der Waals surface area contributed by atoms with Crippen molar-refractivity contribution in [2.75, 3.05) is 7.11 Å². The summed E-state index contributed by atoms with van der Waals surface area (Å²) in [6.07, 6.45) is 3.17. The van der Waals surface area contributed by atoms with E-state index in [-0.39, 0.29) is 5.69 Å². The number of nitrogens with one attached hydrogen (secondary N) is 2. The molecular weight excluding hydrogens is 238 g/mol. The maximum Gasteiger partial charge on any atom is 0.336 e. The normalized spacial score (nSPS) is 21.4. The number of methoxy groups -OCH3 is 1. The maximum atomic E-state index is 11.8. The van der Waals surface area contributed by atoms with Gasteiger partial charge in [0.25, 0.3) is 5.69 Å². The van der Waals surface area contributed by atoms with Crippen LogP contribution in [-0.2, 0) is 15.1 Å². The molecule has 7 heteroatoms. The van der Waals surface area contributed by atoms with E-state index < -0.39 is 16.4 Å². The van der Waals surface area contributed by atoms with E-state index in [9.17, 15) is 14.9 Å². The zero-order chi connectivity index (χ0) is 13.2. The van der Waals surface area contributed by atoms with Crippen LogP contribution in [0.3, 0.4) is 0 Å². The highest BCUT2D eigenvalue weighted by molar-refractivity contribution is 5.85. The number of carbonyl (C=O) groups excluding carboxylic acids is 1. The Bertz CT molecular complexity index is 512. The molecule has 0 saturated carbocycles. The summed E-state index contributed by atoms with van der Waals surface area (Å²) in [5.41, 5.74) is 4.85. The van der Waals surface area contributed by atoms with Crippen molar-refractivity contribution in [1.82, 2.24) is 10.9 Å². The first-order valence-corrected chi connectivity index (χ1v) is 5.14. The second-order valence-corrected chi connectivity index (χ2v) is 3.71. The van der Waals surface area contributed by atoms with Gasteiger partial charge in [-0.25, -0.2) is 10.2 Å². The smallest absolute Gasteiger partial charge is 0.336 e. The Morgan fingerprint density at radius 3 is 2.50 bits per heavy atom. The van der Waals surface area contributed by atoms with Crippen molar-refractivity contribution in [2.45, 2.75) is 5.54 Å². The summed E-state index contributed by atoms with van der Waals surface area (Å²) in [7, 11) is 1.28. The quantitative estimate of drug-likeness (QED) is 0.462. The molecule has 94 valence electrons. The van der Waals surface area contributed by atoms with E-state index in [0.29, 0.717) is 5.56 Å². The molecule has 2 N–H and O–H groups in total. The molecular formula is C11H11N3O4. The number of nitro benzene ring substituents is 1. The molecule has 1 aliphatic heterocycles. The Morgan fingerprint density at radius 2 is 2.06 bits per heavy atom. The van der Waals surface area contributed by atoms with Crippen molar-refractivity contribution in [3.05, 3.63) is 52.2 Å². The predicted molar refractivity (Wildman–Crippen MR) is 62.2 cm³/mol. The second kappa shape index (κ2) is 4.46. The molecule has 1 aliphatic rings. The summed E-state index contributed by atoms with van der Waals surface area (Å²) < 4.78 is 4.74. The SMILES string of the molecule is COC(=O)C1(c2ccc([N+](=O)[O-])cc2)C=CNN1. The highest BCUT2D eigenvalue weighted by Crippen LogP contribution is 2.27. The lowest BCUT2D eigenvalue weighted by Crippen LogP contribution is -2.48. The van der Waals surface area contributed by atoms with Gasteiger partial charge >= 0.3 is 5.97 Å². The first-order chi connectivity index (χ1) is 8.60. The first kappa shape index (κ1) is 12.1. The molecule has 1 aromatic rings. The molecule has 0 saturated heterocycles. The third kappa shape index (κ3) is 1.80. The molecule has 1 aromatic carbocycles. The van der Waals surface area contributed by atoms with Crippen LogP contribution in [0.15, 0.2) is 36.5 Å². The lowest BCUT2D eigenvalue weighted by molar-refractivity contribution is -0.384. The van der Waals surface area contributed by atoms with Crippen LogP contribution < -0.4 is 10.9 Å². The van der Waals surface area contributed by atoms with E-state index >= 15 is 0 Å². The molecule has 7 nitrogen and oxygen atoms in total. The van der Waals surface area contributed by atoms with Gasteiger partial charge in [0.05, 0.1) is 12.0 Å². The van der Waals surface area contributed by atoms with Crippen molar-refractivity contribution in [3.8, 4) is 0 Å². The number of nitro groups is 1. The fraction of sp³-hybridized carbons (Fsp3) is 0.182. The summed E-state index contributed by atoms with van der Waals surface area (Å²) >= 11 is 0. The average Bonchev–Trinajstić information content (AvgIpc) is 2.88. The van der Waals surface area contributed by atoms with E-state index in [4.69, 9.17) is 4.74 Å². The highest BCUT2D eigenvalue weighted by atomic mass is 16.6. The van der Waals surface area contributed by atoms with Crippen molar-refractivity contribution >= 4 is 11.7 Å². The number of rotatable bonds is 3. The van der Waals surface area contributed by atoms with Gasteiger partial charge in [0, 0.05) is 18.3 Å². The van der Waals surface area contributed by atoms with Gasteiger partial charge in [0.2, 0.25) is 0 Å². The third-order valence-electron chi connectivity index (χ3n) is 2.73. The number of carbonyl (C=O) groups is 1. The second-order valence-electron chi connectivity index (χ2n) is 3.71. The Hall–Kier alpha value is -2.41. The topological polar surface area (TPSA) is 93.5 Å². The zero-order valence-electron chi connectivity index (χ0n) is 9.54. The minimum Gasteiger partial charge on any atom is -0.467 e. The van der Waals surface area contributed by atoms with E-state index in [1.807, 2.05) is 0 Å². The number of nitrogens with zero attached hydrogens (tertiary/aromatic N) is 1. The van der Waals surface area contributed by atoms with Gasteiger partial charge in [-0.3, -0.25) is 10.1 Å². The van der Waals surface area contributed by atoms with Crippen molar-refractivity contribution in [3.63, 3.8) is 0 Å². The molecule has 0 bridgehead atoms. The van der Waals surface area contributed by atoms with Crippen LogP contribution in [0.2, 0.25) is 0 Å². The molecule has 0 fully saturated rings. The number of ether oxygens (including phenoxy) is 1. The lowest BCUT2D eigenvalue weighted by Gasteiger charge is -2.24. The summed E-state index contributed by atoms with van der Waals surface area (Å²) in [5, 5.41) is 10.6. The van der Waals surface area contributed by atoms with Crippen molar-refractivity contribution in [2.24, 2.45) is 0 Å². The Balaban J connectivity index is 2.41. The number of esters is 1. The van der Waals surface area contributed by atoms with Crippen molar-refractivity contribution in [1.29, 1.82) is 0 Å². The molecule has 1 unspecified atom stereocenters. The molecule has 0 radical (unpaired) electrons. The average molecular weight is 249 g/mol. The molecule has 0 aromatic heterocycles. The van der Waals surface area contributed by atoms with E-state index in [0.717, 1.165) is 0 Å². The van der Waals surface area contributed by atoms with Crippen LogP contribution in [-0.4, -0.2) is 18.0 Å². The van der Waals surface area contributed by atoms with Gasteiger partial charge in [0.15, 0.2) is 5.54 Å². The lowest BCUT2D eigenvalue weighted by atomic mass is 9.91. The Labute approximate surface area is 103 Å². The van der Waals surface area contributed by atoms with Gasteiger partial charge in [-0.1, -0.05) is 0 Å². The molecule has 0 spiro atoms. The van der Waals surface area contributed by atoms with Crippen LogP contribution in [0.25, 0.3) is 0 Å². The summed E-state index contributed by atoms with van der Waals surface area (Å²) in [5.74, 6) is -0.502. The number of hydrogen-bond acceptors (Lipinski definition) is 6. The Kier molecular flexibility index (Phi) is 2.99. The first-order valence-electron chi connectivity index (χ1n) is 5.14. The van der Waals surface area contributed by atoms with Crippen LogP contribution >= 0.6 is 0 Å². The summed E-state index contributed by atoms with van der Waals surface area (Å²) in [6, 6.07) is 5.71. The summed E-state index contributed by atoms with van der Waals surface area (Å²) in [4.78, 5) is 21.9. The number of benzene rings is 1. The Morgan fingerprint density at radius 1 is 1.39 bits per heavy atom. The highest BCUT2D eigenvalue weighted by Gasteiger charge is 2.41. The molecule has 0 amide bonds. The number of hydrazine groups is 1. The third-order valence-corrected chi connectivity index (χ3v) is 2.73. The minimum absolute atomic E-state index is 0.0336. The van der Waals surface area contributed by atoms with Crippen LogP contribution in [0.4, 0.5) is 5.69 Å². The fourth-order valence-electron chi connectivity index (χ4n) is 1.78. The van der Waals surface area contributed by atoms with Gasteiger partial charge in [-0.2, -0.15) is 0 Å². The van der Waals surface area contributed by atoms with Crippen molar-refractivity contribution < 1.29 is 14.5 Å². The molecule has 0 aliphatic carbocycles. The van der Waals surface area contributed by atoms with E-state index in [2.05, 4.69) is 10.9 Å². The molecule has 2 rings (SSSR count). The molecule has 18 heavy (non-hydrogen) atoms. The molecule has 1 atom stereocenters. The van der Waals surface area contributed by atoms with Gasteiger partial charge in [-0.15, -0.1) is 0 Å².